The van der Waals surface area contributed by atoms with Gasteiger partial charge in [-0.3, -0.25) is 0 Å². The van der Waals surface area contributed by atoms with Crippen molar-refractivity contribution in [2.75, 3.05) is 14.2 Å². The third-order valence-electron chi connectivity index (χ3n) is 6.07. The molecule has 3 aromatic carbocycles. The Bertz CT molecular complexity index is 1580. The summed E-state index contributed by atoms with van der Waals surface area (Å²) in [5, 5.41) is 7.41. The van der Waals surface area contributed by atoms with E-state index in [2.05, 4.69) is 11.2 Å². The SMILES string of the molecule is COC(=O)C1=CC=C(Oc2cnn(-c3cc(C)cc(Cl)c3)c2-c2ccc3cc(OC)ccc3c2)C=CC1. The summed E-state index contributed by atoms with van der Waals surface area (Å²) in [5.74, 6) is 1.58. The smallest absolute Gasteiger partial charge is 0.334 e. The molecule has 0 amide bonds. The van der Waals surface area contributed by atoms with Crippen LogP contribution in [0.3, 0.4) is 0 Å². The van der Waals surface area contributed by atoms with Gasteiger partial charge in [-0.05, 0) is 84.3 Å². The number of fused-ring (bicyclic) bond motifs is 1. The number of esters is 1. The van der Waals surface area contributed by atoms with Gasteiger partial charge in [-0.2, -0.15) is 5.10 Å². The Hall–Kier alpha value is -4.29. The van der Waals surface area contributed by atoms with Gasteiger partial charge < -0.3 is 14.2 Å². The van der Waals surface area contributed by atoms with Crippen LogP contribution in [0.15, 0.2) is 96.4 Å². The predicted molar refractivity (Wildman–Crippen MR) is 145 cm³/mol. The minimum Gasteiger partial charge on any atom is -0.497 e. The van der Waals surface area contributed by atoms with Crippen molar-refractivity contribution in [1.82, 2.24) is 9.78 Å². The standard InChI is InChI=1S/C30H25ClN2O4/c1-19-13-24(31)17-25(14-19)33-29(23-8-7-22-16-27(35-2)12-10-21(22)15-23)28(18-32-33)37-26-6-4-5-20(9-11-26)30(34)36-3/h4,6-18H,5H2,1-3H3. The first-order valence-electron chi connectivity index (χ1n) is 11.7. The first-order chi connectivity index (χ1) is 17.9. The maximum Gasteiger partial charge on any atom is 0.334 e. The van der Waals surface area contributed by atoms with Gasteiger partial charge in [-0.25, -0.2) is 9.48 Å². The van der Waals surface area contributed by atoms with Gasteiger partial charge in [0, 0.05) is 16.2 Å². The van der Waals surface area contributed by atoms with Crippen LogP contribution in [0.5, 0.6) is 11.5 Å². The van der Waals surface area contributed by atoms with Crippen LogP contribution in [0.1, 0.15) is 12.0 Å². The number of nitrogens with zero attached hydrogens (tertiary/aromatic N) is 2. The van der Waals surface area contributed by atoms with Crippen molar-refractivity contribution in [2.45, 2.75) is 13.3 Å². The number of allylic oxidation sites excluding steroid dienone is 4. The normalized spacial score (nSPS) is 13.1. The molecule has 186 valence electrons. The zero-order valence-corrected chi connectivity index (χ0v) is 21.5. The molecule has 0 radical (unpaired) electrons. The molecule has 1 aliphatic carbocycles. The van der Waals surface area contributed by atoms with Crippen molar-refractivity contribution < 1.29 is 19.0 Å². The average molecular weight is 513 g/mol. The fourth-order valence-corrected chi connectivity index (χ4v) is 4.58. The number of aromatic nitrogens is 2. The van der Waals surface area contributed by atoms with E-state index in [1.165, 1.54) is 7.11 Å². The molecule has 0 aliphatic heterocycles. The quantitative estimate of drug-likeness (QED) is 0.261. The fourth-order valence-electron chi connectivity index (χ4n) is 4.29. The molecule has 0 fully saturated rings. The summed E-state index contributed by atoms with van der Waals surface area (Å²) in [6.45, 7) is 1.99. The predicted octanol–water partition coefficient (Wildman–Crippen LogP) is 6.98. The van der Waals surface area contributed by atoms with E-state index in [4.69, 9.17) is 25.8 Å². The minimum atomic E-state index is -0.361. The molecule has 1 aromatic heterocycles. The number of carbonyl (C=O) groups is 1. The molecule has 4 aromatic rings. The maximum atomic E-state index is 12.0. The number of hydrogen-bond acceptors (Lipinski definition) is 5. The molecule has 5 rings (SSSR count). The molecule has 1 heterocycles. The minimum absolute atomic E-state index is 0.361. The van der Waals surface area contributed by atoms with Crippen LogP contribution in [0.25, 0.3) is 27.7 Å². The van der Waals surface area contributed by atoms with E-state index < -0.39 is 0 Å². The lowest BCUT2D eigenvalue weighted by molar-refractivity contribution is -0.136. The van der Waals surface area contributed by atoms with Crippen LogP contribution in [-0.4, -0.2) is 30.0 Å². The summed E-state index contributed by atoms with van der Waals surface area (Å²) in [6, 6.07) is 17.9. The van der Waals surface area contributed by atoms with E-state index in [9.17, 15) is 4.79 Å². The molecule has 0 saturated heterocycles. The third kappa shape index (κ3) is 5.15. The van der Waals surface area contributed by atoms with Gasteiger partial charge in [-0.1, -0.05) is 35.9 Å². The first-order valence-corrected chi connectivity index (χ1v) is 12.1. The second kappa shape index (κ2) is 10.4. The molecule has 0 unspecified atom stereocenters. The van der Waals surface area contributed by atoms with Crippen LogP contribution in [0.4, 0.5) is 0 Å². The molecule has 0 spiro atoms. The lowest BCUT2D eigenvalue weighted by atomic mass is 10.0. The van der Waals surface area contributed by atoms with E-state index in [0.29, 0.717) is 28.5 Å². The van der Waals surface area contributed by atoms with Gasteiger partial charge in [0.2, 0.25) is 0 Å². The van der Waals surface area contributed by atoms with Gasteiger partial charge in [0.15, 0.2) is 5.75 Å². The highest BCUT2D eigenvalue weighted by molar-refractivity contribution is 6.30. The number of benzene rings is 3. The van der Waals surface area contributed by atoms with E-state index in [-0.39, 0.29) is 5.97 Å². The maximum absolute atomic E-state index is 12.0. The molecular formula is C30H25ClN2O4. The first kappa shape index (κ1) is 24.4. The topological polar surface area (TPSA) is 62.6 Å². The van der Waals surface area contributed by atoms with Crippen molar-refractivity contribution in [3.05, 3.63) is 107 Å². The van der Waals surface area contributed by atoms with E-state index in [1.807, 2.05) is 72.3 Å². The van der Waals surface area contributed by atoms with E-state index in [0.717, 1.165) is 39.0 Å². The molecule has 37 heavy (non-hydrogen) atoms. The molecule has 0 bridgehead atoms. The Morgan fingerprint density at radius 3 is 2.59 bits per heavy atom. The summed E-state index contributed by atoms with van der Waals surface area (Å²) in [5.41, 5.74) is 4.09. The third-order valence-corrected chi connectivity index (χ3v) is 6.29. The molecule has 1 aliphatic rings. The average Bonchev–Trinajstić information content (AvgIpc) is 3.17. The van der Waals surface area contributed by atoms with Crippen molar-refractivity contribution in [3.8, 4) is 28.4 Å². The van der Waals surface area contributed by atoms with Crippen LogP contribution in [0, 0.1) is 6.92 Å². The van der Waals surface area contributed by atoms with Gasteiger partial charge in [-0.15, -0.1) is 0 Å². The lowest BCUT2D eigenvalue weighted by Crippen LogP contribution is -2.03. The van der Waals surface area contributed by atoms with Crippen molar-refractivity contribution >= 4 is 28.3 Å². The van der Waals surface area contributed by atoms with Gasteiger partial charge >= 0.3 is 5.97 Å². The molecule has 0 saturated carbocycles. The van der Waals surface area contributed by atoms with E-state index >= 15 is 0 Å². The molecule has 0 N–H and O–H groups in total. The molecule has 6 nitrogen and oxygen atoms in total. The van der Waals surface area contributed by atoms with E-state index in [1.54, 1.807) is 25.5 Å². The van der Waals surface area contributed by atoms with Crippen LogP contribution < -0.4 is 9.47 Å². The lowest BCUT2D eigenvalue weighted by Gasteiger charge is -2.13. The highest BCUT2D eigenvalue weighted by Crippen LogP contribution is 2.36. The number of ether oxygens (including phenoxy) is 3. The van der Waals surface area contributed by atoms with Crippen LogP contribution in [-0.2, 0) is 9.53 Å². The number of hydrogen-bond donors (Lipinski definition) is 0. The summed E-state index contributed by atoms with van der Waals surface area (Å²) in [4.78, 5) is 12.0. The highest BCUT2D eigenvalue weighted by atomic mass is 35.5. The molecule has 7 heteroatoms. The Balaban J connectivity index is 1.62. The second-order valence-electron chi connectivity index (χ2n) is 8.64. The Morgan fingerprint density at radius 2 is 1.81 bits per heavy atom. The molecular weight excluding hydrogens is 488 g/mol. The van der Waals surface area contributed by atoms with Gasteiger partial charge in [0.25, 0.3) is 0 Å². The number of rotatable bonds is 6. The van der Waals surface area contributed by atoms with Crippen LogP contribution in [0.2, 0.25) is 5.02 Å². The van der Waals surface area contributed by atoms with Crippen molar-refractivity contribution in [1.29, 1.82) is 0 Å². The largest absolute Gasteiger partial charge is 0.497 e. The Kier molecular flexibility index (Phi) is 6.84. The Morgan fingerprint density at radius 1 is 1.00 bits per heavy atom. The zero-order valence-electron chi connectivity index (χ0n) is 20.7. The summed E-state index contributed by atoms with van der Waals surface area (Å²) >= 11 is 6.39. The number of methoxy groups -OCH3 is 2. The van der Waals surface area contributed by atoms with Crippen LogP contribution >= 0.6 is 11.6 Å². The highest BCUT2D eigenvalue weighted by Gasteiger charge is 2.19. The number of carbonyl (C=O) groups excluding carboxylic acids is 1. The second-order valence-corrected chi connectivity index (χ2v) is 9.08. The number of aryl methyl sites for hydroxylation is 1. The summed E-state index contributed by atoms with van der Waals surface area (Å²) in [7, 11) is 3.03. The summed E-state index contributed by atoms with van der Waals surface area (Å²) < 4.78 is 18.4. The monoisotopic (exact) mass is 512 g/mol. The summed E-state index contributed by atoms with van der Waals surface area (Å²) in [6.07, 6.45) is 9.33. The van der Waals surface area contributed by atoms with Crippen molar-refractivity contribution in [2.24, 2.45) is 0 Å². The Labute approximate surface area is 220 Å². The van der Waals surface area contributed by atoms with Gasteiger partial charge in [0.1, 0.15) is 17.2 Å². The fraction of sp³-hybridized carbons (Fsp3) is 0.133. The zero-order chi connectivity index (χ0) is 25.9. The van der Waals surface area contributed by atoms with Crippen molar-refractivity contribution in [3.63, 3.8) is 0 Å². The number of halogens is 1. The van der Waals surface area contributed by atoms with Gasteiger partial charge in [0.05, 0.1) is 26.1 Å². The molecule has 0 atom stereocenters.